The molecule has 0 spiro atoms. The molecule has 1 saturated carbocycles. The summed E-state index contributed by atoms with van der Waals surface area (Å²) in [5, 5.41) is 4.56. The van der Waals surface area contributed by atoms with Crippen molar-refractivity contribution >= 4 is 23.5 Å². The minimum absolute atomic E-state index is 0.0690. The lowest BCUT2D eigenvalue weighted by Crippen LogP contribution is -2.36. The number of esters is 1. The van der Waals surface area contributed by atoms with Crippen LogP contribution in [0.4, 0.5) is 14.5 Å². The summed E-state index contributed by atoms with van der Waals surface area (Å²) in [6, 6.07) is 2.90. The van der Waals surface area contributed by atoms with Gasteiger partial charge in [-0.2, -0.15) is 0 Å². The summed E-state index contributed by atoms with van der Waals surface area (Å²) >= 11 is 0. The third-order valence-corrected chi connectivity index (χ3v) is 3.43. The lowest BCUT2D eigenvalue weighted by atomic mass is 9.86. The average Bonchev–Trinajstić information content (AvgIpc) is 2.45. The predicted octanol–water partition coefficient (Wildman–Crippen LogP) is 1.36. The van der Waals surface area contributed by atoms with Crippen LogP contribution in [0.3, 0.4) is 0 Å². The minimum Gasteiger partial charge on any atom is -0.455 e. The van der Waals surface area contributed by atoms with Crippen molar-refractivity contribution in [3.63, 3.8) is 0 Å². The topological polar surface area (TPSA) is 84.5 Å². The maximum atomic E-state index is 13.0. The van der Waals surface area contributed by atoms with Crippen molar-refractivity contribution in [2.24, 2.45) is 5.92 Å². The zero-order valence-electron chi connectivity index (χ0n) is 12.2. The molecule has 2 amide bonds. The van der Waals surface area contributed by atoms with Gasteiger partial charge in [0, 0.05) is 11.8 Å². The second kappa shape index (κ2) is 7.66. The number of hydrogen-bond donors (Lipinski definition) is 2. The number of anilines is 1. The Balaban J connectivity index is 1.67. The highest BCUT2D eigenvalue weighted by Gasteiger charge is 2.27. The van der Waals surface area contributed by atoms with E-state index < -0.39 is 36.0 Å². The number of carbonyl (C=O) groups excluding carboxylic acids is 3. The van der Waals surface area contributed by atoms with E-state index in [4.69, 9.17) is 4.74 Å². The first-order valence-electron chi connectivity index (χ1n) is 7.14. The Morgan fingerprint density at radius 1 is 1.13 bits per heavy atom. The fourth-order valence-electron chi connectivity index (χ4n) is 1.91. The fourth-order valence-corrected chi connectivity index (χ4v) is 1.91. The van der Waals surface area contributed by atoms with Gasteiger partial charge >= 0.3 is 5.97 Å². The Morgan fingerprint density at radius 2 is 1.87 bits per heavy atom. The van der Waals surface area contributed by atoms with Gasteiger partial charge in [-0.25, -0.2) is 8.78 Å². The molecule has 1 aromatic carbocycles. The Morgan fingerprint density at radius 3 is 2.48 bits per heavy atom. The Labute approximate surface area is 131 Å². The zero-order chi connectivity index (χ0) is 16.8. The quantitative estimate of drug-likeness (QED) is 0.773. The molecule has 2 rings (SSSR count). The number of carbonyl (C=O) groups is 3. The van der Waals surface area contributed by atoms with Crippen LogP contribution in [0.1, 0.15) is 19.3 Å². The number of halogens is 2. The molecule has 0 radical (unpaired) electrons. The van der Waals surface area contributed by atoms with Crippen LogP contribution in [0.25, 0.3) is 0 Å². The molecule has 8 heteroatoms. The predicted molar refractivity (Wildman–Crippen MR) is 76.3 cm³/mol. The van der Waals surface area contributed by atoms with Gasteiger partial charge in [0.15, 0.2) is 18.2 Å². The molecule has 0 heterocycles. The SMILES string of the molecule is O=C(COC(=O)C1CCC1)NCC(=O)Nc1ccc(F)c(F)c1. The average molecular weight is 326 g/mol. The van der Waals surface area contributed by atoms with Gasteiger partial charge in [0.25, 0.3) is 5.91 Å². The van der Waals surface area contributed by atoms with Gasteiger partial charge in [0.1, 0.15) is 0 Å². The first-order valence-corrected chi connectivity index (χ1v) is 7.14. The van der Waals surface area contributed by atoms with E-state index in [1.807, 2.05) is 0 Å². The normalized spacial score (nSPS) is 13.8. The van der Waals surface area contributed by atoms with Crippen LogP contribution >= 0.6 is 0 Å². The van der Waals surface area contributed by atoms with E-state index in [2.05, 4.69) is 10.6 Å². The Bertz CT molecular complexity index is 617. The van der Waals surface area contributed by atoms with Crippen molar-refractivity contribution in [3.05, 3.63) is 29.8 Å². The first-order chi connectivity index (χ1) is 11.0. The largest absolute Gasteiger partial charge is 0.455 e. The number of ether oxygens (including phenoxy) is 1. The van der Waals surface area contributed by atoms with E-state index in [1.54, 1.807) is 0 Å². The lowest BCUT2D eigenvalue weighted by Gasteiger charge is -2.22. The van der Waals surface area contributed by atoms with Crippen LogP contribution in [-0.4, -0.2) is 30.9 Å². The standard InChI is InChI=1S/C15H16F2N2O4/c16-11-5-4-10(6-12(11)17)19-13(20)7-18-14(21)8-23-15(22)9-2-1-3-9/h4-6,9H,1-3,7-8H2,(H,18,21)(H,19,20). The molecule has 0 saturated heterocycles. The lowest BCUT2D eigenvalue weighted by molar-refractivity contribution is -0.155. The number of benzene rings is 1. The zero-order valence-corrected chi connectivity index (χ0v) is 12.2. The molecule has 1 aliphatic rings. The summed E-state index contributed by atoms with van der Waals surface area (Å²) in [6.45, 7) is -0.827. The third kappa shape index (κ3) is 5.01. The van der Waals surface area contributed by atoms with E-state index >= 15 is 0 Å². The number of hydrogen-bond acceptors (Lipinski definition) is 4. The molecule has 0 unspecified atom stereocenters. The van der Waals surface area contributed by atoms with E-state index in [0.29, 0.717) is 0 Å². The van der Waals surface area contributed by atoms with Crippen molar-refractivity contribution in [1.82, 2.24) is 5.32 Å². The van der Waals surface area contributed by atoms with Crippen LogP contribution in [0.15, 0.2) is 18.2 Å². The van der Waals surface area contributed by atoms with Gasteiger partial charge in [0.2, 0.25) is 5.91 Å². The van der Waals surface area contributed by atoms with Crippen LogP contribution in [0.5, 0.6) is 0 Å². The summed E-state index contributed by atoms with van der Waals surface area (Å²) < 4.78 is 30.5. The first kappa shape index (κ1) is 16.9. The molecule has 6 nitrogen and oxygen atoms in total. The highest BCUT2D eigenvalue weighted by molar-refractivity contribution is 5.94. The van der Waals surface area contributed by atoms with E-state index in [1.165, 1.54) is 6.07 Å². The highest BCUT2D eigenvalue weighted by Crippen LogP contribution is 2.27. The molecular weight excluding hydrogens is 310 g/mol. The van der Waals surface area contributed by atoms with Crippen LogP contribution in [0.2, 0.25) is 0 Å². The van der Waals surface area contributed by atoms with E-state index in [0.717, 1.165) is 31.4 Å². The monoisotopic (exact) mass is 326 g/mol. The fraction of sp³-hybridized carbons (Fsp3) is 0.400. The van der Waals surface area contributed by atoms with Crippen LogP contribution < -0.4 is 10.6 Å². The number of rotatable bonds is 6. The van der Waals surface area contributed by atoms with Gasteiger partial charge in [0.05, 0.1) is 12.5 Å². The summed E-state index contributed by atoms with van der Waals surface area (Å²) in [5.74, 6) is -3.87. The van der Waals surface area contributed by atoms with Crippen molar-refractivity contribution in [2.75, 3.05) is 18.5 Å². The van der Waals surface area contributed by atoms with Crippen molar-refractivity contribution in [1.29, 1.82) is 0 Å². The molecule has 1 aromatic rings. The molecular formula is C15H16F2N2O4. The van der Waals surface area contributed by atoms with E-state index in [9.17, 15) is 23.2 Å². The molecule has 0 bridgehead atoms. The molecule has 1 aliphatic carbocycles. The molecule has 0 aromatic heterocycles. The summed E-state index contributed by atoms with van der Waals surface area (Å²) in [5.41, 5.74) is 0.0690. The van der Waals surface area contributed by atoms with Gasteiger partial charge in [-0.05, 0) is 25.0 Å². The molecule has 23 heavy (non-hydrogen) atoms. The van der Waals surface area contributed by atoms with Crippen LogP contribution in [-0.2, 0) is 19.1 Å². The van der Waals surface area contributed by atoms with Crippen molar-refractivity contribution in [3.8, 4) is 0 Å². The maximum absolute atomic E-state index is 13.0. The third-order valence-electron chi connectivity index (χ3n) is 3.43. The molecule has 124 valence electrons. The van der Waals surface area contributed by atoms with Crippen LogP contribution in [0, 0.1) is 17.6 Å². The maximum Gasteiger partial charge on any atom is 0.309 e. The second-order valence-corrected chi connectivity index (χ2v) is 5.19. The summed E-state index contributed by atoms with van der Waals surface area (Å²) in [7, 11) is 0. The minimum atomic E-state index is -1.09. The number of amides is 2. The smallest absolute Gasteiger partial charge is 0.309 e. The van der Waals surface area contributed by atoms with Gasteiger partial charge in [-0.1, -0.05) is 6.42 Å². The van der Waals surface area contributed by atoms with E-state index in [-0.39, 0.29) is 18.2 Å². The second-order valence-electron chi connectivity index (χ2n) is 5.19. The summed E-state index contributed by atoms with van der Waals surface area (Å²) in [4.78, 5) is 34.4. The molecule has 0 aliphatic heterocycles. The number of nitrogens with one attached hydrogen (secondary N) is 2. The molecule has 2 N–H and O–H groups in total. The van der Waals surface area contributed by atoms with Crippen molar-refractivity contribution < 1.29 is 27.9 Å². The molecule has 1 fully saturated rings. The van der Waals surface area contributed by atoms with Gasteiger partial charge in [-0.15, -0.1) is 0 Å². The molecule has 0 atom stereocenters. The van der Waals surface area contributed by atoms with Gasteiger partial charge < -0.3 is 15.4 Å². The highest BCUT2D eigenvalue weighted by atomic mass is 19.2. The summed E-state index contributed by atoms with van der Waals surface area (Å²) in [6.07, 6.45) is 2.53. The Kier molecular flexibility index (Phi) is 5.61. The van der Waals surface area contributed by atoms with Gasteiger partial charge in [-0.3, -0.25) is 14.4 Å². The van der Waals surface area contributed by atoms with Crippen molar-refractivity contribution in [2.45, 2.75) is 19.3 Å². The Hall–Kier alpha value is -2.51.